The Kier molecular flexibility index (Phi) is 4.63. The van der Waals surface area contributed by atoms with E-state index in [4.69, 9.17) is 14.4 Å². The number of amides is 1. The molecule has 0 aliphatic rings. The molecule has 23 heavy (non-hydrogen) atoms. The Morgan fingerprint density at radius 2 is 2.13 bits per heavy atom. The Morgan fingerprint density at radius 1 is 1.39 bits per heavy atom. The monoisotopic (exact) mass is 319 g/mol. The number of benzene rings is 1. The summed E-state index contributed by atoms with van der Waals surface area (Å²) in [5.74, 6) is -0.382. The van der Waals surface area contributed by atoms with Crippen molar-refractivity contribution in [2.45, 2.75) is 26.3 Å². The Labute approximate surface area is 132 Å². The predicted octanol–water partition coefficient (Wildman–Crippen LogP) is 1.51. The summed E-state index contributed by atoms with van der Waals surface area (Å²) < 4.78 is 9.98. The maximum absolute atomic E-state index is 12.4. The standard InChI is InChI=1S/C15H17N3O5/c1-9-16-14(18-23-9)15(2,3)17-13(21)10-5-4-6-11(7-10)22-8-12(19)20/h4-7H,8H2,1-3H3,(H,17,21)(H,19,20). The van der Waals surface area contributed by atoms with Crippen molar-refractivity contribution < 1.29 is 24.0 Å². The maximum Gasteiger partial charge on any atom is 0.341 e. The van der Waals surface area contributed by atoms with Crippen molar-refractivity contribution in [3.05, 3.63) is 41.5 Å². The number of nitrogens with one attached hydrogen (secondary N) is 1. The Balaban J connectivity index is 2.11. The maximum atomic E-state index is 12.4. The van der Waals surface area contributed by atoms with E-state index in [-0.39, 0.29) is 5.91 Å². The lowest BCUT2D eigenvalue weighted by atomic mass is 10.0. The van der Waals surface area contributed by atoms with Gasteiger partial charge in [-0.1, -0.05) is 11.2 Å². The number of carbonyl (C=O) groups excluding carboxylic acids is 1. The molecule has 0 aliphatic heterocycles. The Bertz CT molecular complexity index is 723. The summed E-state index contributed by atoms with van der Waals surface area (Å²) in [6.45, 7) is 4.69. The quantitative estimate of drug-likeness (QED) is 0.829. The minimum absolute atomic E-state index is 0.299. The summed E-state index contributed by atoms with van der Waals surface area (Å²) in [6, 6.07) is 6.25. The molecule has 1 aromatic heterocycles. The molecule has 0 fully saturated rings. The Hall–Kier alpha value is -2.90. The zero-order chi connectivity index (χ0) is 17.0. The van der Waals surface area contributed by atoms with Crippen molar-refractivity contribution in [1.29, 1.82) is 0 Å². The SMILES string of the molecule is Cc1nc(C(C)(C)NC(=O)c2cccc(OCC(=O)O)c2)no1. The molecule has 122 valence electrons. The van der Waals surface area contributed by atoms with Crippen LogP contribution in [0.15, 0.2) is 28.8 Å². The minimum atomic E-state index is -1.09. The molecule has 0 saturated carbocycles. The minimum Gasteiger partial charge on any atom is -0.482 e. The van der Waals surface area contributed by atoms with E-state index in [0.29, 0.717) is 23.0 Å². The van der Waals surface area contributed by atoms with Gasteiger partial charge in [0.15, 0.2) is 12.4 Å². The Morgan fingerprint density at radius 3 is 2.74 bits per heavy atom. The average molecular weight is 319 g/mol. The first-order valence-electron chi connectivity index (χ1n) is 6.86. The lowest BCUT2D eigenvalue weighted by molar-refractivity contribution is -0.139. The molecule has 1 amide bonds. The number of aryl methyl sites for hydroxylation is 1. The molecule has 1 heterocycles. The van der Waals surface area contributed by atoms with E-state index >= 15 is 0 Å². The number of aromatic nitrogens is 2. The van der Waals surface area contributed by atoms with Crippen LogP contribution in [-0.4, -0.2) is 33.7 Å². The number of ether oxygens (including phenoxy) is 1. The first-order chi connectivity index (χ1) is 10.8. The van der Waals surface area contributed by atoms with Gasteiger partial charge in [-0.05, 0) is 32.0 Å². The second-order valence-electron chi connectivity index (χ2n) is 5.43. The molecule has 0 unspecified atom stereocenters. The third-order valence-corrected chi connectivity index (χ3v) is 2.97. The largest absolute Gasteiger partial charge is 0.482 e. The zero-order valence-electron chi connectivity index (χ0n) is 13.0. The lowest BCUT2D eigenvalue weighted by Crippen LogP contribution is -2.41. The van der Waals surface area contributed by atoms with E-state index < -0.39 is 18.1 Å². The summed E-state index contributed by atoms with van der Waals surface area (Å²) >= 11 is 0. The van der Waals surface area contributed by atoms with Crippen LogP contribution in [0.25, 0.3) is 0 Å². The molecule has 2 aromatic rings. The van der Waals surface area contributed by atoms with Gasteiger partial charge in [-0.3, -0.25) is 4.79 Å². The second kappa shape index (κ2) is 6.47. The van der Waals surface area contributed by atoms with Crippen molar-refractivity contribution >= 4 is 11.9 Å². The van der Waals surface area contributed by atoms with Crippen molar-refractivity contribution in [2.24, 2.45) is 0 Å². The number of carboxylic acids is 1. The fourth-order valence-corrected chi connectivity index (χ4v) is 1.84. The first-order valence-corrected chi connectivity index (χ1v) is 6.86. The molecule has 2 N–H and O–H groups in total. The highest BCUT2D eigenvalue weighted by Gasteiger charge is 2.28. The molecule has 8 nitrogen and oxygen atoms in total. The lowest BCUT2D eigenvalue weighted by Gasteiger charge is -2.22. The predicted molar refractivity (Wildman–Crippen MR) is 79.1 cm³/mol. The van der Waals surface area contributed by atoms with Gasteiger partial charge in [-0.25, -0.2) is 4.79 Å². The topological polar surface area (TPSA) is 115 Å². The third kappa shape index (κ3) is 4.29. The second-order valence-corrected chi connectivity index (χ2v) is 5.43. The molecule has 0 spiro atoms. The van der Waals surface area contributed by atoms with Gasteiger partial charge in [0.1, 0.15) is 5.75 Å². The van der Waals surface area contributed by atoms with Crippen LogP contribution in [0.1, 0.15) is 35.9 Å². The molecule has 1 aromatic carbocycles. The summed E-state index contributed by atoms with van der Waals surface area (Å²) in [7, 11) is 0. The number of carboxylic acid groups (broad SMARTS) is 1. The van der Waals surface area contributed by atoms with E-state index in [1.165, 1.54) is 6.07 Å². The van der Waals surface area contributed by atoms with Gasteiger partial charge < -0.3 is 19.7 Å². The van der Waals surface area contributed by atoms with Crippen LogP contribution in [0.2, 0.25) is 0 Å². The number of hydrogen-bond acceptors (Lipinski definition) is 6. The molecule has 0 bridgehead atoms. The number of carbonyl (C=O) groups is 2. The molecule has 2 rings (SSSR count). The third-order valence-electron chi connectivity index (χ3n) is 2.97. The molecular weight excluding hydrogens is 302 g/mol. The van der Waals surface area contributed by atoms with Gasteiger partial charge in [-0.2, -0.15) is 4.98 Å². The van der Waals surface area contributed by atoms with Crippen LogP contribution in [-0.2, 0) is 10.3 Å². The highest BCUT2D eigenvalue weighted by Crippen LogP contribution is 2.19. The van der Waals surface area contributed by atoms with Crippen LogP contribution in [0, 0.1) is 6.92 Å². The van der Waals surface area contributed by atoms with Gasteiger partial charge in [0, 0.05) is 12.5 Å². The van der Waals surface area contributed by atoms with Crippen LogP contribution in [0.4, 0.5) is 0 Å². The normalized spacial score (nSPS) is 11.1. The summed E-state index contributed by atoms with van der Waals surface area (Å²) in [5, 5.41) is 15.2. The molecule has 8 heteroatoms. The first kappa shape index (κ1) is 16.5. The fraction of sp³-hybridized carbons (Fsp3) is 0.333. The summed E-state index contributed by atoms with van der Waals surface area (Å²) in [5.41, 5.74) is -0.492. The van der Waals surface area contributed by atoms with Gasteiger partial charge in [0.25, 0.3) is 5.91 Å². The number of hydrogen-bond donors (Lipinski definition) is 2. The molecular formula is C15H17N3O5. The molecule has 0 aliphatic carbocycles. The fourth-order valence-electron chi connectivity index (χ4n) is 1.84. The number of rotatable bonds is 6. The number of nitrogens with zero attached hydrogens (tertiary/aromatic N) is 2. The number of aliphatic carboxylic acids is 1. The molecule has 0 atom stereocenters. The average Bonchev–Trinajstić information content (AvgIpc) is 2.92. The van der Waals surface area contributed by atoms with Crippen LogP contribution in [0.5, 0.6) is 5.75 Å². The van der Waals surface area contributed by atoms with Crippen LogP contribution < -0.4 is 10.1 Å². The highest BCUT2D eigenvalue weighted by molar-refractivity contribution is 5.95. The summed E-state index contributed by atoms with van der Waals surface area (Å²) in [6.07, 6.45) is 0. The summed E-state index contributed by atoms with van der Waals surface area (Å²) in [4.78, 5) is 27.0. The van der Waals surface area contributed by atoms with E-state index in [9.17, 15) is 9.59 Å². The van der Waals surface area contributed by atoms with Crippen molar-refractivity contribution in [1.82, 2.24) is 15.5 Å². The van der Waals surface area contributed by atoms with E-state index in [1.807, 2.05) is 0 Å². The molecule has 0 saturated heterocycles. The van der Waals surface area contributed by atoms with Gasteiger partial charge in [0.05, 0.1) is 5.54 Å². The van der Waals surface area contributed by atoms with Gasteiger partial charge in [-0.15, -0.1) is 0 Å². The zero-order valence-corrected chi connectivity index (χ0v) is 13.0. The van der Waals surface area contributed by atoms with Crippen molar-refractivity contribution in [3.8, 4) is 5.75 Å². The molecule has 0 radical (unpaired) electrons. The van der Waals surface area contributed by atoms with Crippen molar-refractivity contribution in [2.75, 3.05) is 6.61 Å². The smallest absolute Gasteiger partial charge is 0.341 e. The van der Waals surface area contributed by atoms with E-state index in [0.717, 1.165) is 0 Å². The van der Waals surface area contributed by atoms with Gasteiger partial charge >= 0.3 is 5.97 Å². The van der Waals surface area contributed by atoms with E-state index in [1.54, 1.807) is 39.0 Å². The van der Waals surface area contributed by atoms with Crippen LogP contribution >= 0.6 is 0 Å². The van der Waals surface area contributed by atoms with E-state index in [2.05, 4.69) is 15.5 Å². The van der Waals surface area contributed by atoms with Crippen molar-refractivity contribution in [3.63, 3.8) is 0 Å². The van der Waals surface area contributed by atoms with Crippen LogP contribution in [0.3, 0.4) is 0 Å². The highest BCUT2D eigenvalue weighted by atomic mass is 16.5. The van der Waals surface area contributed by atoms with Gasteiger partial charge in [0.2, 0.25) is 5.89 Å².